The standard InChI is InChI=1S/C22H29N3O2/c1-14-8-9-18-15(7-6-12-24-18)16(14)13-25-20(27)22(4)11-10-17(19(26)23-5)21(22,2)3/h6-9,12,17H,10-11,13H2,1-5H3,(H,23,26)(H,25,27)/t17-,22+/m0/s1. The van der Waals surface area contributed by atoms with Crippen molar-refractivity contribution in [2.75, 3.05) is 7.05 Å². The fourth-order valence-corrected chi connectivity index (χ4v) is 4.46. The van der Waals surface area contributed by atoms with Crippen molar-refractivity contribution in [2.24, 2.45) is 16.7 Å². The Labute approximate surface area is 160 Å². The van der Waals surface area contributed by atoms with E-state index in [9.17, 15) is 9.59 Å². The smallest absolute Gasteiger partial charge is 0.226 e. The Bertz CT molecular complexity index is 890. The quantitative estimate of drug-likeness (QED) is 0.870. The number of carbonyl (C=O) groups excluding carboxylic acids is 2. The van der Waals surface area contributed by atoms with Crippen LogP contribution in [0.4, 0.5) is 0 Å². The lowest BCUT2D eigenvalue weighted by molar-refractivity contribution is -0.138. The molecule has 1 aliphatic rings. The Morgan fingerprint density at radius 1 is 1.22 bits per heavy atom. The van der Waals surface area contributed by atoms with Crippen molar-refractivity contribution in [2.45, 2.75) is 47.1 Å². The first-order valence-electron chi connectivity index (χ1n) is 9.55. The third-order valence-corrected chi connectivity index (χ3v) is 6.85. The fourth-order valence-electron chi connectivity index (χ4n) is 4.46. The molecule has 0 bridgehead atoms. The average Bonchev–Trinajstić information content (AvgIpc) is 2.90. The van der Waals surface area contributed by atoms with Crippen LogP contribution in [0.2, 0.25) is 0 Å². The average molecular weight is 367 g/mol. The number of pyridine rings is 1. The predicted molar refractivity (Wildman–Crippen MR) is 107 cm³/mol. The van der Waals surface area contributed by atoms with E-state index in [1.807, 2.05) is 45.0 Å². The summed E-state index contributed by atoms with van der Waals surface area (Å²) in [5.74, 6) is -0.117. The van der Waals surface area contributed by atoms with E-state index in [0.717, 1.165) is 28.5 Å². The molecule has 1 aromatic carbocycles. The van der Waals surface area contributed by atoms with Gasteiger partial charge in [0.15, 0.2) is 0 Å². The zero-order chi connectivity index (χ0) is 19.8. The van der Waals surface area contributed by atoms with Gasteiger partial charge in [0.1, 0.15) is 0 Å². The highest BCUT2D eigenvalue weighted by molar-refractivity contribution is 5.88. The molecule has 0 unspecified atom stereocenters. The summed E-state index contributed by atoms with van der Waals surface area (Å²) >= 11 is 0. The first-order chi connectivity index (χ1) is 12.7. The van der Waals surface area contributed by atoms with Crippen molar-refractivity contribution in [1.82, 2.24) is 15.6 Å². The molecule has 0 aliphatic heterocycles. The van der Waals surface area contributed by atoms with Gasteiger partial charge in [0.05, 0.1) is 10.9 Å². The van der Waals surface area contributed by atoms with E-state index in [0.29, 0.717) is 13.0 Å². The number of fused-ring (bicyclic) bond motifs is 1. The molecule has 1 heterocycles. The molecule has 2 aromatic rings. The highest BCUT2D eigenvalue weighted by Crippen LogP contribution is 2.56. The van der Waals surface area contributed by atoms with Crippen LogP contribution in [0.3, 0.4) is 0 Å². The lowest BCUT2D eigenvalue weighted by Crippen LogP contribution is -2.49. The van der Waals surface area contributed by atoms with Gasteiger partial charge in [-0.05, 0) is 48.4 Å². The number of hydrogen-bond acceptors (Lipinski definition) is 3. The molecular weight excluding hydrogens is 338 g/mol. The molecule has 3 rings (SSSR count). The fraction of sp³-hybridized carbons (Fsp3) is 0.500. The van der Waals surface area contributed by atoms with Gasteiger partial charge < -0.3 is 10.6 Å². The molecule has 1 aromatic heterocycles. The van der Waals surface area contributed by atoms with Gasteiger partial charge in [-0.1, -0.05) is 32.9 Å². The van der Waals surface area contributed by atoms with E-state index in [2.05, 4.69) is 22.5 Å². The van der Waals surface area contributed by atoms with Crippen molar-refractivity contribution >= 4 is 22.7 Å². The third-order valence-electron chi connectivity index (χ3n) is 6.85. The van der Waals surface area contributed by atoms with Gasteiger partial charge in [-0.3, -0.25) is 14.6 Å². The second kappa shape index (κ2) is 6.95. The van der Waals surface area contributed by atoms with Crippen LogP contribution in [-0.4, -0.2) is 23.8 Å². The molecule has 27 heavy (non-hydrogen) atoms. The summed E-state index contributed by atoms with van der Waals surface area (Å²) in [5.41, 5.74) is 2.17. The van der Waals surface area contributed by atoms with Crippen molar-refractivity contribution in [3.8, 4) is 0 Å². The molecule has 2 atom stereocenters. The molecule has 0 spiro atoms. The summed E-state index contributed by atoms with van der Waals surface area (Å²) in [6.07, 6.45) is 3.22. The molecule has 2 N–H and O–H groups in total. The molecule has 144 valence electrons. The van der Waals surface area contributed by atoms with E-state index >= 15 is 0 Å². The minimum Gasteiger partial charge on any atom is -0.359 e. The van der Waals surface area contributed by atoms with Gasteiger partial charge in [0.2, 0.25) is 11.8 Å². The van der Waals surface area contributed by atoms with E-state index in [1.54, 1.807) is 13.2 Å². The SMILES string of the molecule is CNC(=O)[C@@H]1CC[C@](C)(C(=O)NCc2c(C)ccc3ncccc23)C1(C)C. The Kier molecular flexibility index (Phi) is 4.98. The number of amides is 2. The Morgan fingerprint density at radius 2 is 1.96 bits per heavy atom. The van der Waals surface area contributed by atoms with Gasteiger partial charge in [-0.25, -0.2) is 0 Å². The van der Waals surface area contributed by atoms with Gasteiger partial charge in [-0.2, -0.15) is 0 Å². The van der Waals surface area contributed by atoms with Crippen LogP contribution in [0.5, 0.6) is 0 Å². The second-order valence-electron chi connectivity index (χ2n) is 8.37. The first-order valence-corrected chi connectivity index (χ1v) is 9.55. The molecule has 1 saturated carbocycles. The highest BCUT2D eigenvalue weighted by Gasteiger charge is 2.57. The summed E-state index contributed by atoms with van der Waals surface area (Å²) in [6, 6.07) is 8.01. The number of hydrogen-bond donors (Lipinski definition) is 2. The zero-order valence-corrected chi connectivity index (χ0v) is 16.8. The van der Waals surface area contributed by atoms with Gasteiger partial charge in [-0.15, -0.1) is 0 Å². The van der Waals surface area contributed by atoms with E-state index in [1.165, 1.54) is 0 Å². The molecule has 1 aliphatic carbocycles. The van der Waals surface area contributed by atoms with Crippen molar-refractivity contribution in [1.29, 1.82) is 0 Å². The maximum absolute atomic E-state index is 13.2. The highest BCUT2D eigenvalue weighted by atomic mass is 16.2. The normalized spacial score (nSPS) is 24.0. The molecule has 5 heteroatoms. The van der Waals surface area contributed by atoms with E-state index < -0.39 is 10.8 Å². The first kappa shape index (κ1) is 19.3. The zero-order valence-electron chi connectivity index (χ0n) is 16.8. The maximum atomic E-state index is 13.2. The molecule has 0 radical (unpaired) electrons. The number of carbonyl (C=O) groups is 2. The molecule has 1 fully saturated rings. The number of nitrogens with one attached hydrogen (secondary N) is 2. The Hall–Kier alpha value is -2.43. The molecule has 5 nitrogen and oxygen atoms in total. The van der Waals surface area contributed by atoms with Crippen molar-refractivity contribution in [3.05, 3.63) is 41.6 Å². The van der Waals surface area contributed by atoms with Gasteiger partial charge in [0.25, 0.3) is 0 Å². The van der Waals surface area contributed by atoms with Crippen LogP contribution in [0.15, 0.2) is 30.5 Å². The summed E-state index contributed by atoms with van der Waals surface area (Å²) in [4.78, 5) is 29.9. The van der Waals surface area contributed by atoms with E-state index in [4.69, 9.17) is 0 Å². The lowest BCUT2D eigenvalue weighted by Gasteiger charge is -2.39. The number of aromatic nitrogens is 1. The van der Waals surface area contributed by atoms with Gasteiger partial charge in [0, 0.05) is 31.1 Å². The summed E-state index contributed by atoms with van der Waals surface area (Å²) < 4.78 is 0. The molecular formula is C22H29N3O2. The second-order valence-corrected chi connectivity index (χ2v) is 8.37. The Morgan fingerprint density at radius 3 is 2.67 bits per heavy atom. The number of benzene rings is 1. The van der Waals surface area contributed by atoms with Crippen LogP contribution in [0.25, 0.3) is 10.9 Å². The van der Waals surface area contributed by atoms with Crippen molar-refractivity contribution < 1.29 is 9.59 Å². The maximum Gasteiger partial charge on any atom is 0.226 e. The monoisotopic (exact) mass is 367 g/mol. The van der Waals surface area contributed by atoms with Crippen LogP contribution in [0, 0.1) is 23.7 Å². The minimum atomic E-state index is -0.582. The van der Waals surface area contributed by atoms with Crippen LogP contribution in [-0.2, 0) is 16.1 Å². The van der Waals surface area contributed by atoms with Crippen LogP contribution >= 0.6 is 0 Å². The van der Waals surface area contributed by atoms with Crippen LogP contribution < -0.4 is 10.6 Å². The number of nitrogens with zero attached hydrogens (tertiary/aromatic N) is 1. The molecule has 0 saturated heterocycles. The predicted octanol–water partition coefficient (Wildman–Crippen LogP) is 3.35. The topological polar surface area (TPSA) is 71.1 Å². The van der Waals surface area contributed by atoms with E-state index in [-0.39, 0.29) is 17.7 Å². The lowest BCUT2D eigenvalue weighted by atomic mass is 9.65. The van der Waals surface area contributed by atoms with Gasteiger partial charge >= 0.3 is 0 Å². The Balaban J connectivity index is 1.83. The summed E-state index contributed by atoms with van der Waals surface area (Å²) in [6.45, 7) is 8.57. The number of rotatable bonds is 4. The summed E-state index contributed by atoms with van der Waals surface area (Å²) in [5, 5.41) is 6.96. The van der Waals surface area contributed by atoms with Crippen molar-refractivity contribution in [3.63, 3.8) is 0 Å². The minimum absolute atomic E-state index is 0.0131. The largest absolute Gasteiger partial charge is 0.359 e. The summed E-state index contributed by atoms with van der Waals surface area (Å²) in [7, 11) is 1.66. The number of aryl methyl sites for hydroxylation is 1. The third kappa shape index (κ3) is 3.09. The molecule has 2 amide bonds. The van der Waals surface area contributed by atoms with Crippen LogP contribution in [0.1, 0.15) is 44.7 Å².